The van der Waals surface area contributed by atoms with E-state index in [1.807, 2.05) is 39.8 Å². The van der Waals surface area contributed by atoms with Crippen molar-refractivity contribution in [1.82, 2.24) is 14.8 Å². The van der Waals surface area contributed by atoms with Gasteiger partial charge in [0.15, 0.2) is 0 Å². The number of amides is 2. The minimum Gasteiger partial charge on any atom is -0.465 e. The van der Waals surface area contributed by atoms with Crippen LogP contribution in [0.3, 0.4) is 0 Å². The van der Waals surface area contributed by atoms with Gasteiger partial charge in [0.1, 0.15) is 12.4 Å². The van der Waals surface area contributed by atoms with Gasteiger partial charge in [-0.05, 0) is 55.5 Å². The van der Waals surface area contributed by atoms with Crippen molar-refractivity contribution in [3.8, 4) is 0 Å². The first kappa shape index (κ1) is 24.7. The molecular formula is C27H32FN3O4. The van der Waals surface area contributed by atoms with Crippen molar-refractivity contribution >= 4 is 22.9 Å². The summed E-state index contributed by atoms with van der Waals surface area (Å²) in [6.45, 7) is 3.47. The predicted molar refractivity (Wildman–Crippen MR) is 132 cm³/mol. The molecule has 0 saturated carbocycles. The number of hydrogen-bond acceptors (Lipinski definition) is 4. The fraction of sp³-hybridized carbons (Fsp3) is 0.407. The molecule has 1 aliphatic carbocycles. The van der Waals surface area contributed by atoms with Crippen molar-refractivity contribution in [2.75, 3.05) is 26.9 Å². The number of ether oxygens (including phenoxy) is 2. The highest BCUT2D eigenvalue weighted by atomic mass is 19.1. The number of benzene rings is 2. The zero-order valence-electron chi connectivity index (χ0n) is 20.3. The Morgan fingerprint density at radius 3 is 2.74 bits per heavy atom. The molecule has 186 valence electrons. The molecule has 35 heavy (non-hydrogen) atoms. The maximum atomic E-state index is 14.2. The number of halogens is 1. The second-order valence-corrected chi connectivity index (χ2v) is 8.71. The van der Waals surface area contributed by atoms with Gasteiger partial charge in [-0.3, -0.25) is 4.79 Å². The standard InChI is InChI=1S/C27H32FN3O4/c1-3-35-26(32)18-31-24-11-9-20(28)15-22(24)23-16-21(10-12-25(23)31)30(13-14-34-2)27(33)29-17-19-7-5-4-6-8-19/h4-9,11,15,21H,3,10,12-14,16-18H2,1-2H3,(H,29,33)/t21-/m0/s1. The monoisotopic (exact) mass is 481 g/mol. The first-order chi connectivity index (χ1) is 17.0. The first-order valence-electron chi connectivity index (χ1n) is 12.0. The zero-order chi connectivity index (χ0) is 24.8. The Labute approximate surface area is 204 Å². The van der Waals surface area contributed by atoms with Crippen molar-refractivity contribution in [3.63, 3.8) is 0 Å². The molecule has 0 bridgehead atoms. The molecule has 1 N–H and O–H groups in total. The molecule has 0 saturated heterocycles. The number of nitrogens with one attached hydrogen (secondary N) is 1. The van der Waals surface area contributed by atoms with E-state index >= 15 is 0 Å². The van der Waals surface area contributed by atoms with E-state index in [2.05, 4.69) is 5.32 Å². The van der Waals surface area contributed by atoms with Gasteiger partial charge in [0.05, 0.1) is 13.2 Å². The number of nitrogens with zero attached hydrogens (tertiary/aromatic N) is 2. The second kappa shape index (κ2) is 11.4. The van der Waals surface area contributed by atoms with E-state index in [0.29, 0.717) is 39.1 Å². The van der Waals surface area contributed by atoms with Crippen LogP contribution >= 0.6 is 0 Å². The van der Waals surface area contributed by atoms with E-state index in [4.69, 9.17) is 9.47 Å². The number of carbonyl (C=O) groups excluding carboxylic acids is 2. The molecular weight excluding hydrogens is 449 g/mol. The average molecular weight is 482 g/mol. The van der Waals surface area contributed by atoms with Gasteiger partial charge in [-0.15, -0.1) is 0 Å². The van der Waals surface area contributed by atoms with E-state index in [0.717, 1.165) is 34.1 Å². The number of fused-ring (bicyclic) bond motifs is 3. The van der Waals surface area contributed by atoms with Gasteiger partial charge in [-0.25, -0.2) is 9.18 Å². The number of urea groups is 1. The number of carbonyl (C=O) groups is 2. The molecule has 1 atom stereocenters. The lowest BCUT2D eigenvalue weighted by molar-refractivity contribution is -0.143. The van der Waals surface area contributed by atoms with Gasteiger partial charge in [0, 0.05) is 42.8 Å². The van der Waals surface area contributed by atoms with E-state index in [1.54, 1.807) is 20.1 Å². The Balaban J connectivity index is 1.59. The Kier molecular flexibility index (Phi) is 8.02. The molecule has 0 spiro atoms. The Hall–Kier alpha value is -3.39. The fourth-order valence-corrected chi connectivity index (χ4v) is 4.90. The Morgan fingerprint density at radius 1 is 1.20 bits per heavy atom. The van der Waals surface area contributed by atoms with Crippen LogP contribution in [-0.2, 0) is 40.2 Å². The molecule has 1 aromatic heterocycles. The van der Waals surface area contributed by atoms with E-state index in [1.165, 1.54) is 12.1 Å². The first-order valence-corrected chi connectivity index (χ1v) is 12.0. The van der Waals surface area contributed by atoms with E-state index < -0.39 is 0 Å². The van der Waals surface area contributed by atoms with Crippen molar-refractivity contribution in [2.24, 2.45) is 0 Å². The van der Waals surface area contributed by atoms with Crippen LogP contribution in [-0.4, -0.2) is 54.4 Å². The molecule has 8 heteroatoms. The lowest BCUT2D eigenvalue weighted by atomic mass is 9.90. The third-order valence-corrected chi connectivity index (χ3v) is 6.52. The van der Waals surface area contributed by atoms with Crippen LogP contribution in [0.15, 0.2) is 48.5 Å². The highest BCUT2D eigenvalue weighted by Crippen LogP contribution is 2.34. The van der Waals surface area contributed by atoms with Gasteiger partial charge in [-0.2, -0.15) is 0 Å². The van der Waals surface area contributed by atoms with Crippen molar-refractivity contribution in [1.29, 1.82) is 0 Å². The van der Waals surface area contributed by atoms with Crippen LogP contribution in [0.1, 0.15) is 30.2 Å². The van der Waals surface area contributed by atoms with Crippen molar-refractivity contribution < 1.29 is 23.5 Å². The number of hydrogen-bond donors (Lipinski definition) is 1. The van der Waals surface area contributed by atoms with Gasteiger partial charge >= 0.3 is 12.0 Å². The topological polar surface area (TPSA) is 72.8 Å². The van der Waals surface area contributed by atoms with Gasteiger partial charge in [-0.1, -0.05) is 30.3 Å². The number of methoxy groups -OCH3 is 1. The highest BCUT2D eigenvalue weighted by molar-refractivity contribution is 5.87. The summed E-state index contributed by atoms with van der Waals surface area (Å²) < 4.78 is 26.6. The molecule has 1 aliphatic rings. The number of aromatic nitrogens is 1. The summed E-state index contributed by atoms with van der Waals surface area (Å²) in [7, 11) is 1.62. The Morgan fingerprint density at radius 2 is 2.00 bits per heavy atom. The molecule has 3 aromatic rings. The van der Waals surface area contributed by atoms with E-state index in [-0.39, 0.29) is 30.4 Å². The third kappa shape index (κ3) is 5.65. The summed E-state index contributed by atoms with van der Waals surface area (Å²) in [6, 6.07) is 14.2. The van der Waals surface area contributed by atoms with Crippen molar-refractivity contribution in [2.45, 2.75) is 45.3 Å². The van der Waals surface area contributed by atoms with Gasteiger partial charge in [0.2, 0.25) is 0 Å². The fourth-order valence-electron chi connectivity index (χ4n) is 4.90. The normalized spacial score (nSPS) is 15.0. The summed E-state index contributed by atoms with van der Waals surface area (Å²) in [4.78, 5) is 27.3. The van der Waals surface area contributed by atoms with Crippen LogP contribution in [0, 0.1) is 5.82 Å². The summed E-state index contributed by atoms with van der Waals surface area (Å²) in [5.74, 6) is -0.645. The second-order valence-electron chi connectivity index (χ2n) is 8.71. The lowest BCUT2D eigenvalue weighted by Gasteiger charge is -2.35. The summed E-state index contributed by atoms with van der Waals surface area (Å²) in [5.41, 5.74) is 3.82. The molecule has 4 rings (SSSR count). The van der Waals surface area contributed by atoms with Crippen LogP contribution < -0.4 is 5.32 Å². The summed E-state index contributed by atoms with van der Waals surface area (Å²) in [5, 5.41) is 3.81. The summed E-state index contributed by atoms with van der Waals surface area (Å²) in [6.07, 6.45) is 1.98. The molecule has 2 aromatic carbocycles. The molecule has 2 amide bonds. The lowest BCUT2D eigenvalue weighted by Crippen LogP contribution is -2.49. The molecule has 0 unspecified atom stereocenters. The molecule has 0 fully saturated rings. The number of esters is 1. The SMILES string of the molecule is CCOC(=O)Cn1c2c(c3cc(F)ccc31)C[C@@H](N(CCOC)C(=O)NCc1ccccc1)CC2. The molecule has 1 heterocycles. The average Bonchev–Trinajstić information content (AvgIpc) is 3.15. The maximum absolute atomic E-state index is 14.2. The molecule has 0 radical (unpaired) electrons. The van der Waals surface area contributed by atoms with Crippen LogP contribution in [0.2, 0.25) is 0 Å². The van der Waals surface area contributed by atoms with Crippen LogP contribution in [0.4, 0.5) is 9.18 Å². The highest BCUT2D eigenvalue weighted by Gasteiger charge is 2.31. The zero-order valence-corrected chi connectivity index (χ0v) is 20.3. The minimum absolute atomic E-state index is 0.0710. The van der Waals surface area contributed by atoms with Crippen molar-refractivity contribution in [3.05, 3.63) is 71.2 Å². The molecule has 0 aliphatic heterocycles. The molecule has 7 nitrogen and oxygen atoms in total. The third-order valence-electron chi connectivity index (χ3n) is 6.52. The predicted octanol–water partition coefficient (Wildman–Crippen LogP) is 4.06. The largest absolute Gasteiger partial charge is 0.465 e. The van der Waals surface area contributed by atoms with E-state index in [9.17, 15) is 14.0 Å². The smallest absolute Gasteiger partial charge is 0.325 e. The van der Waals surface area contributed by atoms with Crippen LogP contribution in [0.25, 0.3) is 10.9 Å². The maximum Gasteiger partial charge on any atom is 0.325 e. The quantitative estimate of drug-likeness (QED) is 0.468. The number of rotatable bonds is 9. The summed E-state index contributed by atoms with van der Waals surface area (Å²) >= 11 is 0. The van der Waals surface area contributed by atoms with Gasteiger partial charge < -0.3 is 24.3 Å². The van der Waals surface area contributed by atoms with Gasteiger partial charge in [0.25, 0.3) is 0 Å². The minimum atomic E-state index is -0.326. The Bertz CT molecular complexity index is 1180. The van der Waals surface area contributed by atoms with Crippen LogP contribution in [0.5, 0.6) is 0 Å².